The average molecular weight is 269 g/mol. The maximum atomic E-state index is 12.2. The lowest BCUT2D eigenvalue weighted by Crippen LogP contribution is -2.42. The molecule has 1 aliphatic carbocycles. The van der Waals surface area contributed by atoms with Crippen molar-refractivity contribution in [3.8, 4) is 0 Å². The van der Waals surface area contributed by atoms with Crippen LogP contribution < -0.4 is 0 Å². The standard InChI is InChI=1S/C13H17ClN2O2/c1-16(9-13(18)6-2-3-7-13)12(17)10-5-4-8-15-11(10)14/h4-5,8,18H,2-3,6-7,9H2,1H3. The molecule has 1 amide bonds. The Labute approximate surface area is 112 Å². The molecule has 0 aromatic carbocycles. The Hall–Kier alpha value is -1.13. The minimum atomic E-state index is -0.737. The van der Waals surface area contributed by atoms with Gasteiger partial charge in [0.1, 0.15) is 5.15 Å². The molecule has 4 nitrogen and oxygen atoms in total. The Morgan fingerprint density at radius 3 is 2.83 bits per heavy atom. The van der Waals surface area contributed by atoms with Gasteiger partial charge in [0.15, 0.2) is 0 Å². The summed E-state index contributed by atoms with van der Waals surface area (Å²) in [7, 11) is 1.68. The molecule has 0 radical (unpaired) electrons. The van der Waals surface area contributed by atoms with Crippen molar-refractivity contribution in [3.05, 3.63) is 29.0 Å². The minimum absolute atomic E-state index is 0.201. The van der Waals surface area contributed by atoms with Crippen molar-refractivity contribution in [1.29, 1.82) is 0 Å². The average Bonchev–Trinajstić information content (AvgIpc) is 2.75. The van der Waals surface area contributed by atoms with Crippen LogP contribution in [-0.4, -0.2) is 40.1 Å². The third-order valence-corrected chi connectivity index (χ3v) is 3.70. The molecule has 1 aliphatic rings. The van der Waals surface area contributed by atoms with Crippen molar-refractivity contribution in [3.63, 3.8) is 0 Å². The number of aromatic nitrogens is 1. The van der Waals surface area contributed by atoms with E-state index >= 15 is 0 Å². The summed E-state index contributed by atoms with van der Waals surface area (Å²) in [4.78, 5) is 17.6. The van der Waals surface area contributed by atoms with E-state index in [0.717, 1.165) is 25.7 Å². The summed E-state index contributed by atoms with van der Waals surface area (Å²) in [6.45, 7) is 0.344. The van der Waals surface area contributed by atoms with Gasteiger partial charge in [0.25, 0.3) is 5.91 Å². The number of pyridine rings is 1. The quantitative estimate of drug-likeness (QED) is 0.855. The van der Waals surface area contributed by atoms with Crippen molar-refractivity contribution in [2.45, 2.75) is 31.3 Å². The van der Waals surface area contributed by atoms with E-state index in [1.807, 2.05) is 0 Å². The Bertz CT molecular complexity index is 444. The molecular formula is C13H17ClN2O2. The predicted molar refractivity (Wildman–Crippen MR) is 69.6 cm³/mol. The first-order valence-corrected chi connectivity index (χ1v) is 6.48. The van der Waals surface area contributed by atoms with E-state index in [2.05, 4.69) is 4.98 Å². The van der Waals surface area contributed by atoms with E-state index in [0.29, 0.717) is 12.1 Å². The molecule has 1 N–H and O–H groups in total. The molecule has 18 heavy (non-hydrogen) atoms. The summed E-state index contributed by atoms with van der Waals surface area (Å²) in [5.41, 5.74) is -0.359. The first kappa shape index (κ1) is 13.3. The summed E-state index contributed by atoms with van der Waals surface area (Å²) in [5.74, 6) is -0.201. The number of carbonyl (C=O) groups is 1. The highest BCUT2D eigenvalue weighted by Crippen LogP contribution is 2.30. The highest BCUT2D eigenvalue weighted by atomic mass is 35.5. The number of hydrogen-bond acceptors (Lipinski definition) is 3. The van der Waals surface area contributed by atoms with Gasteiger partial charge in [-0.05, 0) is 25.0 Å². The molecule has 0 atom stereocenters. The van der Waals surface area contributed by atoms with Crippen LogP contribution in [0.1, 0.15) is 36.0 Å². The Balaban J connectivity index is 2.07. The fourth-order valence-corrected chi connectivity index (χ4v) is 2.66. The van der Waals surface area contributed by atoms with Gasteiger partial charge >= 0.3 is 0 Å². The smallest absolute Gasteiger partial charge is 0.256 e. The van der Waals surface area contributed by atoms with Gasteiger partial charge in [-0.25, -0.2) is 4.98 Å². The number of hydrogen-bond donors (Lipinski definition) is 1. The highest BCUT2D eigenvalue weighted by Gasteiger charge is 2.33. The number of rotatable bonds is 3. The molecule has 0 spiro atoms. The van der Waals surface area contributed by atoms with Gasteiger partial charge in [-0.1, -0.05) is 24.4 Å². The van der Waals surface area contributed by atoms with E-state index in [1.165, 1.54) is 4.90 Å². The zero-order valence-corrected chi connectivity index (χ0v) is 11.2. The molecule has 2 rings (SSSR count). The molecule has 5 heteroatoms. The van der Waals surface area contributed by atoms with Gasteiger partial charge in [-0.15, -0.1) is 0 Å². The van der Waals surface area contributed by atoms with Crippen LogP contribution in [-0.2, 0) is 0 Å². The third kappa shape index (κ3) is 2.82. The lowest BCUT2D eigenvalue weighted by molar-refractivity contribution is 0.0156. The largest absolute Gasteiger partial charge is 0.388 e. The van der Waals surface area contributed by atoms with Crippen molar-refractivity contribution in [2.75, 3.05) is 13.6 Å². The molecule has 1 aromatic rings. The molecule has 98 valence electrons. The number of halogens is 1. The zero-order valence-electron chi connectivity index (χ0n) is 10.4. The predicted octanol–water partition coefficient (Wildman–Crippen LogP) is 2.11. The number of likely N-dealkylation sites (N-methyl/N-ethyl adjacent to an activating group) is 1. The normalized spacial score (nSPS) is 17.7. The van der Waals surface area contributed by atoms with E-state index in [-0.39, 0.29) is 11.1 Å². The summed E-state index contributed by atoms with van der Waals surface area (Å²) >= 11 is 5.89. The van der Waals surface area contributed by atoms with Crippen LogP contribution in [0.4, 0.5) is 0 Å². The second-order valence-electron chi connectivity index (χ2n) is 4.93. The van der Waals surface area contributed by atoms with Crippen LogP contribution in [0.15, 0.2) is 18.3 Å². The number of carbonyl (C=O) groups excluding carboxylic acids is 1. The van der Waals surface area contributed by atoms with Gasteiger partial charge < -0.3 is 10.0 Å². The first-order chi connectivity index (χ1) is 8.52. The molecule has 0 saturated heterocycles. The summed E-state index contributed by atoms with van der Waals surface area (Å²) in [5, 5.41) is 10.5. The fraction of sp³-hybridized carbons (Fsp3) is 0.538. The molecular weight excluding hydrogens is 252 g/mol. The van der Waals surface area contributed by atoms with Crippen LogP contribution >= 0.6 is 11.6 Å². The topological polar surface area (TPSA) is 53.4 Å². The van der Waals surface area contributed by atoms with E-state index in [4.69, 9.17) is 11.6 Å². The minimum Gasteiger partial charge on any atom is -0.388 e. The molecule has 1 saturated carbocycles. The van der Waals surface area contributed by atoms with E-state index in [1.54, 1.807) is 25.4 Å². The van der Waals surface area contributed by atoms with Crippen LogP contribution in [0.5, 0.6) is 0 Å². The monoisotopic (exact) mass is 268 g/mol. The molecule has 0 aliphatic heterocycles. The van der Waals surface area contributed by atoms with Crippen LogP contribution in [0.25, 0.3) is 0 Å². The molecule has 0 unspecified atom stereocenters. The van der Waals surface area contributed by atoms with E-state index < -0.39 is 5.60 Å². The van der Waals surface area contributed by atoms with Crippen molar-refractivity contribution >= 4 is 17.5 Å². The Kier molecular flexibility index (Phi) is 3.88. The number of amides is 1. The SMILES string of the molecule is CN(CC1(O)CCCC1)C(=O)c1cccnc1Cl. The van der Waals surface area contributed by atoms with Crippen molar-refractivity contribution in [2.24, 2.45) is 0 Å². The van der Waals surface area contributed by atoms with Crippen molar-refractivity contribution in [1.82, 2.24) is 9.88 Å². The second kappa shape index (κ2) is 5.24. The lowest BCUT2D eigenvalue weighted by atomic mass is 10.0. The summed E-state index contributed by atoms with van der Waals surface area (Å²) < 4.78 is 0. The van der Waals surface area contributed by atoms with Crippen LogP contribution in [0, 0.1) is 0 Å². The van der Waals surface area contributed by atoms with Gasteiger partial charge in [0.05, 0.1) is 11.2 Å². The molecule has 1 fully saturated rings. The molecule has 0 bridgehead atoms. The van der Waals surface area contributed by atoms with Gasteiger partial charge in [-0.2, -0.15) is 0 Å². The van der Waals surface area contributed by atoms with E-state index in [9.17, 15) is 9.90 Å². The zero-order chi connectivity index (χ0) is 13.2. The summed E-state index contributed by atoms with van der Waals surface area (Å²) in [6.07, 6.45) is 5.10. The Morgan fingerprint density at radius 1 is 1.56 bits per heavy atom. The van der Waals surface area contributed by atoms with Crippen LogP contribution in [0.3, 0.4) is 0 Å². The lowest BCUT2D eigenvalue weighted by Gasteiger charge is -2.28. The highest BCUT2D eigenvalue weighted by molar-refractivity contribution is 6.32. The Morgan fingerprint density at radius 2 is 2.22 bits per heavy atom. The van der Waals surface area contributed by atoms with Gasteiger partial charge in [0.2, 0.25) is 0 Å². The molecule has 1 heterocycles. The fourth-order valence-electron chi connectivity index (χ4n) is 2.46. The van der Waals surface area contributed by atoms with Gasteiger partial charge in [0, 0.05) is 19.8 Å². The number of aliphatic hydroxyl groups is 1. The molecule has 1 aromatic heterocycles. The first-order valence-electron chi connectivity index (χ1n) is 6.10. The second-order valence-corrected chi connectivity index (χ2v) is 5.29. The maximum absolute atomic E-state index is 12.2. The number of nitrogens with zero attached hydrogens (tertiary/aromatic N) is 2. The van der Waals surface area contributed by atoms with Gasteiger partial charge in [-0.3, -0.25) is 4.79 Å². The van der Waals surface area contributed by atoms with Crippen molar-refractivity contribution < 1.29 is 9.90 Å². The summed E-state index contributed by atoms with van der Waals surface area (Å²) in [6, 6.07) is 3.32. The maximum Gasteiger partial charge on any atom is 0.256 e. The van der Waals surface area contributed by atoms with Crippen LogP contribution in [0.2, 0.25) is 5.15 Å². The third-order valence-electron chi connectivity index (χ3n) is 3.40.